The number of amides is 1. The van der Waals surface area contributed by atoms with Crippen LogP contribution < -0.4 is 10.2 Å². The van der Waals surface area contributed by atoms with Crippen LogP contribution in [0.1, 0.15) is 16.7 Å². The molecule has 0 saturated carbocycles. The average molecular weight is 369 g/mol. The molecule has 1 aliphatic heterocycles. The van der Waals surface area contributed by atoms with E-state index in [2.05, 4.69) is 16.3 Å². The number of para-hydroxylation sites is 2. The topological polar surface area (TPSA) is 76.4 Å². The lowest BCUT2D eigenvalue weighted by molar-refractivity contribution is -0.117. The summed E-state index contributed by atoms with van der Waals surface area (Å²) in [5.41, 5.74) is 4.38. The van der Waals surface area contributed by atoms with E-state index >= 15 is 0 Å². The highest BCUT2D eigenvalue weighted by molar-refractivity contribution is 6.03. The summed E-state index contributed by atoms with van der Waals surface area (Å²) in [6.45, 7) is 0.554. The fourth-order valence-corrected chi connectivity index (χ4v) is 3.49. The summed E-state index contributed by atoms with van der Waals surface area (Å²) in [5.74, 6) is 0.150. The number of nitrogens with zero attached hydrogens (tertiary/aromatic N) is 2. The van der Waals surface area contributed by atoms with Crippen molar-refractivity contribution in [2.75, 3.05) is 10.2 Å². The molecule has 1 aliphatic rings. The highest BCUT2D eigenvalue weighted by Gasteiger charge is 2.32. The van der Waals surface area contributed by atoms with E-state index in [1.807, 2.05) is 48.5 Å². The third-order valence-corrected chi connectivity index (χ3v) is 4.95. The van der Waals surface area contributed by atoms with Crippen molar-refractivity contribution in [3.8, 4) is 11.8 Å². The van der Waals surface area contributed by atoms with Crippen LogP contribution in [-0.2, 0) is 17.8 Å². The van der Waals surface area contributed by atoms with Crippen molar-refractivity contribution in [2.45, 2.75) is 19.0 Å². The summed E-state index contributed by atoms with van der Waals surface area (Å²) in [7, 11) is 0. The third kappa shape index (κ3) is 3.53. The predicted molar refractivity (Wildman–Crippen MR) is 108 cm³/mol. The number of hydrogen-bond donors (Lipinski definition) is 2. The van der Waals surface area contributed by atoms with Gasteiger partial charge in [-0.1, -0.05) is 36.4 Å². The fourth-order valence-electron chi connectivity index (χ4n) is 3.49. The second-order valence-corrected chi connectivity index (χ2v) is 6.83. The van der Waals surface area contributed by atoms with Crippen LogP contribution in [0, 0.1) is 11.3 Å². The molecular formula is C23H19N3O2. The highest BCUT2D eigenvalue weighted by atomic mass is 16.3. The minimum absolute atomic E-state index is 0.0552. The number of hydrogen-bond acceptors (Lipinski definition) is 4. The van der Waals surface area contributed by atoms with Crippen molar-refractivity contribution < 1.29 is 9.90 Å². The zero-order valence-electron chi connectivity index (χ0n) is 15.2. The second-order valence-electron chi connectivity index (χ2n) is 6.83. The van der Waals surface area contributed by atoms with Gasteiger partial charge < -0.3 is 15.3 Å². The molecule has 138 valence electrons. The minimum atomic E-state index is -0.380. The van der Waals surface area contributed by atoms with Crippen LogP contribution >= 0.6 is 0 Å². The van der Waals surface area contributed by atoms with Gasteiger partial charge in [0.2, 0.25) is 5.91 Å². The van der Waals surface area contributed by atoms with Gasteiger partial charge in [0.15, 0.2) is 0 Å². The van der Waals surface area contributed by atoms with Crippen molar-refractivity contribution in [3.05, 3.63) is 89.5 Å². The molecule has 0 unspecified atom stereocenters. The maximum atomic E-state index is 12.9. The predicted octanol–water partition coefficient (Wildman–Crippen LogP) is 3.83. The van der Waals surface area contributed by atoms with Gasteiger partial charge in [-0.05, 0) is 47.5 Å². The van der Waals surface area contributed by atoms with Crippen molar-refractivity contribution in [1.82, 2.24) is 0 Å². The summed E-state index contributed by atoms with van der Waals surface area (Å²) in [6.07, 6.45) is 0.525. The largest absolute Gasteiger partial charge is 0.508 e. The maximum absolute atomic E-state index is 12.9. The van der Waals surface area contributed by atoms with Crippen LogP contribution in [0.3, 0.4) is 0 Å². The van der Waals surface area contributed by atoms with Crippen LogP contribution in [0.2, 0.25) is 0 Å². The summed E-state index contributed by atoms with van der Waals surface area (Å²) in [6, 6.07) is 23.9. The molecule has 3 aromatic carbocycles. The van der Waals surface area contributed by atoms with Crippen molar-refractivity contribution in [1.29, 1.82) is 5.26 Å². The molecule has 2 N–H and O–H groups in total. The van der Waals surface area contributed by atoms with Crippen LogP contribution in [0.25, 0.3) is 0 Å². The Morgan fingerprint density at radius 3 is 2.36 bits per heavy atom. The van der Waals surface area contributed by atoms with Gasteiger partial charge in [0.05, 0.1) is 23.0 Å². The number of anilines is 2. The minimum Gasteiger partial charge on any atom is -0.508 e. The zero-order valence-corrected chi connectivity index (χ0v) is 15.2. The van der Waals surface area contributed by atoms with Gasteiger partial charge in [0, 0.05) is 13.0 Å². The van der Waals surface area contributed by atoms with E-state index in [1.165, 1.54) is 0 Å². The molecule has 1 atom stereocenters. The molecule has 3 aromatic rings. The molecule has 5 heteroatoms. The van der Waals surface area contributed by atoms with Gasteiger partial charge in [-0.3, -0.25) is 4.79 Å². The Labute approximate surface area is 163 Å². The smallest absolute Gasteiger partial charge is 0.247 e. The standard InChI is InChI=1S/C23H19N3O2/c24-14-17-5-7-18(8-6-17)15-26-21-4-2-1-3-20(21)25-23(28)22(26)13-16-9-11-19(27)12-10-16/h1-12,22,27H,13,15H2,(H,25,28)/t22-/m1/s1. The molecule has 5 nitrogen and oxygen atoms in total. The first kappa shape index (κ1) is 17.6. The number of phenols is 1. The number of fused-ring (bicyclic) bond motifs is 1. The highest BCUT2D eigenvalue weighted by Crippen LogP contribution is 2.34. The van der Waals surface area contributed by atoms with E-state index in [1.54, 1.807) is 24.3 Å². The Hall–Kier alpha value is -3.78. The first-order valence-corrected chi connectivity index (χ1v) is 9.07. The van der Waals surface area contributed by atoms with Gasteiger partial charge in [0.1, 0.15) is 11.8 Å². The molecule has 0 spiro atoms. The number of carbonyl (C=O) groups excluding carboxylic acids is 1. The Balaban J connectivity index is 1.68. The first-order chi connectivity index (χ1) is 13.6. The molecule has 28 heavy (non-hydrogen) atoms. The molecular weight excluding hydrogens is 350 g/mol. The molecule has 1 amide bonds. The van der Waals surface area contributed by atoms with Crippen molar-refractivity contribution in [3.63, 3.8) is 0 Å². The fraction of sp³-hybridized carbons (Fsp3) is 0.130. The Morgan fingerprint density at radius 1 is 0.964 bits per heavy atom. The van der Waals surface area contributed by atoms with Crippen LogP contribution in [0.15, 0.2) is 72.8 Å². The Bertz CT molecular complexity index is 1040. The zero-order chi connectivity index (χ0) is 19.5. The molecule has 1 heterocycles. The van der Waals surface area contributed by atoms with E-state index in [0.717, 1.165) is 22.5 Å². The SMILES string of the molecule is N#Cc1ccc(CN2c3ccccc3NC(=O)[C@H]2Cc2ccc(O)cc2)cc1. The molecule has 0 aliphatic carbocycles. The number of phenolic OH excluding ortho intramolecular Hbond substituents is 1. The van der Waals surface area contributed by atoms with Crippen LogP contribution in [0.5, 0.6) is 5.75 Å². The summed E-state index contributed by atoms with van der Waals surface area (Å²) in [4.78, 5) is 15.0. The summed E-state index contributed by atoms with van der Waals surface area (Å²) >= 11 is 0. The number of rotatable bonds is 4. The number of nitrogens with one attached hydrogen (secondary N) is 1. The number of benzene rings is 3. The molecule has 0 fully saturated rings. The van der Waals surface area contributed by atoms with E-state index < -0.39 is 0 Å². The first-order valence-electron chi connectivity index (χ1n) is 9.07. The Kier molecular flexibility index (Phi) is 4.69. The molecule has 0 aromatic heterocycles. The van der Waals surface area contributed by atoms with Crippen molar-refractivity contribution >= 4 is 17.3 Å². The van der Waals surface area contributed by atoms with Gasteiger partial charge >= 0.3 is 0 Å². The van der Waals surface area contributed by atoms with Gasteiger partial charge in [-0.15, -0.1) is 0 Å². The molecule has 4 rings (SSSR count). The molecule has 0 bridgehead atoms. The van der Waals surface area contributed by atoms with E-state index in [0.29, 0.717) is 18.5 Å². The van der Waals surface area contributed by atoms with Crippen LogP contribution in [-0.4, -0.2) is 17.1 Å². The monoisotopic (exact) mass is 369 g/mol. The van der Waals surface area contributed by atoms with Gasteiger partial charge in [-0.2, -0.15) is 5.26 Å². The number of carbonyl (C=O) groups is 1. The summed E-state index contributed by atoms with van der Waals surface area (Å²) < 4.78 is 0. The third-order valence-electron chi connectivity index (χ3n) is 4.95. The van der Waals surface area contributed by atoms with Crippen LogP contribution in [0.4, 0.5) is 11.4 Å². The van der Waals surface area contributed by atoms with Crippen molar-refractivity contribution in [2.24, 2.45) is 0 Å². The lowest BCUT2D eigenvalue weighted by atomic mass is 9.99. The molecule has 0 saturated heterocycles. The number of aromatic hydroxyl groups is 1. The lowest BCUT2D eigenvalue weighted by Crippen LogP contribution is -2.49. The normalized spacial score (nSPS) is 15.5. The summed E-state index contributed by atoms with van der Waals surface area (Å²) in [5, 5.41) is 21.5. The number of nitriles is 1. The average Bonchev–Trinajstić information content (AvgIpc) is 2.72. The lowest BCUT2D eigenvalue weighted by Gasteiger charge is -2.38. The van der Waals surface area contributed by atoms with E-state index in [4.69, 9.17) is 5.26 Å². The maximum Gasteiger partial charge on any atom is 0.247 e. The van der Waals surface area contributed by atoms with Gasteiger partial charge in [-0.25, -0.2) is 0 Å². The quantitative estimate of drug-likeness (QED) is 0.733. The van der Waals surface area contributed by atoms with E-state index in [9.17, 15) is 9.90 Å². The Morgan fingerprint density at radius 2 is 1.64 bits per heavy atom. The van der Waals surface area contributed by atoms with E-state index in [-0.39, 0.29) is 17.7 Å². The second kappa shape index (κ2) is 7.45. The molecule has 0 radical (unpaired) electrons. The van der Waals surface area contributed by atoms with Gasteiger partial charge in [0.25, 0.3) is 0 Å².